The number of aliphatic hydroxyl groups is 1. The molecule has 0 bridgehead atoms. The first-order chi connectivity index (χ1) is 11.4. The molecule has 0 fully saturated rings. The lowest BCUT2D eigenvalue weighted by Gasteiger charge is -2.08. The molecular formula is C13H10N4O6S. The zero-order valence-corrected chi connectivity index (χ0v) is 12.8. The average molecular weight is 350 g/mol. The molecule has 10 nitrogen and oxygen atoms in total. The number of ether oxygens (including phenoxy) is 1. The van der Waals surface area contributed by atoms with Gasteiger partial charge in [0.05, 0.1) is 14.7 Å². The standard InChI is InChI=1S/C13H10N4O6S/c14-16-15-12-5-4-11(7-13(12)17(19)20)24(21,22)10-3-1-2-9(6-10)23-8-18/h1-7,18H,8H2. The van der Waals surface area contributed by atoms with E-state index in [1.165, 1.54) is 24.3 Å². The van der Waals surface area contributed by atoms with E-state index in [-0.39, 0.29) is 21.2 Å². The van der Waals surface area contributed by atoms with Gasteiger partial charge in [-0.15, -0.1) is 0 Å². The topological polar surface area (TPSA) is 156 Å². The third-order valence-electron chi connectivity index (χ3n) is 2.95. The Morgan fingerprint density at radius 2 is 1.96 bits per heavy atom. The van der Waals surface area contributed by atoms with E-state index in [2.05, 4.69) is 10.0 Å². The maximum Gasteiger partial charge on any atom is 0.280 e. The number of nitrogens with zero attached hydrogens (tertiary/aromatic N) is 4. The zero-order valence-electron chi connectivity index (χ0n) is 11.9. The van der Waals surface area contributed by atoms with Gasteiger partial charge in [0.25, 0.3) is 5.69 Å². The summed E-state index contributed by atoms with van der Waals surface area (Å²) in [5, 5.41) is 22.9. The van der Waals surface area contributed by atoms with Crippen LogP contribution in [-0.2, 0) is 9.84 Å². The predicted molar refractivity (Wildman–Crippen MR) is 81.5 cm³/mol. The Kier molecular flexibility index (Phi) is 4.99. The number of aliphatic hydroxyl groups excluding tert-OH is 1. The first kappa shape index (κ1) is 17.2. The number of hydrogen-bond acceptors (Lipinski definition) is 7. The molecule has 11 heteroatoms. The van der Waals surface area contributed by atoms with Crippen molar-refractivity contribution in [3.63, 3.8) is 0 Å². The van der Waals surface area contributed by atoms with Gasteiger partial charge in [0, 0.05) is 11.0 Å². The molecule has 0 aliphatic heterocycles. The maximum atomic E-state index is 12.6. The van der Waals surface area contributed by atoms with Crippen molar-refractivity contribution >= 4 is 21.2 Å². The second-order valence-corrected chi connectivity index (χ2v) is 6.30. The zero-order chi connectivity index (χ0) is 17.7. The Balaban J connectivity index is 2.57. The summed E-state index contributed by atoms with van der Waals surface area (Å²) in [4.78, 5) is 12.1. The van der Waals surface area contributed by atoms with Crippen LogP contribution in [0.5, 0.6) is 5.75 Å². The molecule has 2 aromatic carbocycles. The molecule has 0 aliphatic rings. The summed E-state index contributed by atoms with van der Waals surface area (Å²) in [5.41, 5.74) is 7.48. The molecule has 0 aliphatic carbocycles. The van der Waals surface area contributed by atoms with Crippen LogP contribution in [0.15, 0.2) is 57.4 Å². The number of nitro groups is 1. The van der Waals surface area contributed by atoms with Gasteiger partial charge in [-0.05, 0) is 35.9 Å². The first-order valence-corrected chi connectivity index (χ1v) is 7.81. The summed E-state index contributed by atoms with van der Waals surface area (Å²) in [7, 11) is -4.07. The van der Waals surface area contributed by atoms with Crippen LogP contribution >= 0.6 is 0 Å². The number of sulfone groups is 1. The third-order valence-corrected chi connectivity index (χ3v) is 4.70. The summed E-state index contributed by atoms with van der Waals surface area (Å²) >= 11 is 0. The Morgan fingerprint density at radius 3 is 2.58 bits per heavy atom. The van der Waals surface area contributed by atoms with Gasteiger partial charge in [-0.3, -0.25) is 10.1 Å². The Bertz CT molecular complexity index is 937. The number of hydrogen-bond donors (Lipinski definition) is 1. The molecule has 0 radical (unpaired) electrons. The number of azide groups is 1. The van der Waals surface area contributed by atoms with Gasteiger partial charge in [0.2, 0.25) is 9.84 Å². The van der Waals surface area contributed by atoms with Crippen LogP contribution in [0.1, 0.15) is 0 Å². The van der Waals surface area contributed by atoms with Crippen LogP contribution in [0.3, 0.4) is 0 Å². The normalized spacial score (nSPS) is 10.7. The van der Waals surface area contributed by atoms with Gasteiger partial charge >= 0.3 is 0 Å². The molecule has 0 saturated heterocycles. The van der Waals surface area contributed by atoms with Crippen LogP contribution in [0.2, 0.25) is 0 Å². The van der Waals surface area contributed by atoms with Gasteiger partial charge in [0.1, 0.15) is 11.4 Å². The summed E-state index contributed by atoms with van der Waals surface area (Å²) in [6.07, 6.45) is 0. The van der Waals surface area contributed by atoms with Crippen molar-refractivity contribution in [2.24, 2.45) is 5.11 Å². The molecule has 0 heterocycles. The third kappa shape index (κ3) is 3.43. The van der Waals surface area contributed by atoms with Crippen molar-refractivity contribution in [1.82, 2.24) is 0 Å². The van der Waals surface area contributed by atoms with E-state index in [1.54, 1.807) is 0 Å². The average Bonchev–Trinajstić information content (AvgIpc) is 2.55. The number of nitro benzene ring substituents is 1. The highest BCUT2D eigenvalue weighted by Gasteiger charge is 2.23. The molecule has 0 spiro atoms. The Labute approximate surface area is 135 Å². The molecular weight excluding hydrogens is 340 g/mol. The van der Waals surface area contributed by atoms with Crippen molar-refractivity contribution in [1.29, 1.82) is 0 Å². The maximum absolute atomic E-state index is 12.6. The van der Waals surface area contributed by atoms with Crippen molar-refractivity contribution in [3.05, 3.63) is 63.0 Å². The van der Waals surface area contributed by atoms with Crippen molar-refractivity contribution in [3.8, 4) is 5.75 Å². The first-order valence-electron chi connectivity index (χ1n) is 6.32. The monoisotopic (exact) mass is 350 g/mol. The lowest BCUT2D eigenvalue weighted by atomic mass is 10.3. The van der Waals surface area contributed by atoms with Crippen LogP contribution in [0.4, 0.5) is 11.4 Å². The Hall–Kier alpha value is -3.14. The van der Waals surface area contributed by atoms with E-state index in [9.17, 15) is 18.5 Å². The van der Waals surface area contributed by atoms with Crippen LogP contribution < -0.4 is 4.74 Å². The fraction of sp³-hybridized carbons (Fsp3) is 0.0769. The fourth-order valence-corrected chi connectivity index (χ4v) is 3.21. The van der Waals surface area contributed by atoms with E-state index in [4.69, 9.17) is 15.4 Å². The predicted octanol–water partition coefficient (Wildman–Crippen LogP) is 2.70. The summed E-state index contributed by atoms with van der Waals surface area (Å²) in [6.45, 7) is -0.629. The second-order valence-electron chi connectivity index (χ2n) is 4.35. The second kappa shape index (κ2) is 6.96. The van der Waals surface area contributed by atoms with E-state index in [1.807, 2.05) is 0 Å². The van der Waals surface area contributed by atoms with Gasteiger partial charge in [-0.1, -0.05) is 11.2 Å². The van der Waals surface area contributed by atoms with Crippen molar-refractivity contribution < 1.29 is 23.2 Å². The molecule has 24 heavy (non-hydrogen) atoms. The van der Waals surface area contributed by atoms with Gasteiger partial charge < -0.3 is 9.84 Å². The molecule has 1 N–H and O–H groups in total. The minimum Gasteiger partial charge on any atom is -0.468 e. The molecule has 0 aromatic heterocycles. The molecule has 0 atom stereocenters. The van der Waals surface area contributed by atoms with Crippen LogP contribution in [0.25, 0.3) is 10.4 Å². The summed E-state index contributed by atoms with van der Waals surface area (Å²) in [5.74, 6) is 0.124. The fourth-order valence-electron chi connectivity index (χ4n) is 1.89. The highest BCUT2D eigenvalue weighted by Crippen LogP contribution is 2.33. The molecule has 2 rings (SSSR count). The smallest absolute Gasteiger partial charge is 0.280 e. The number of rotatable bonds is 6. The summed E-state index contributed by atoms with van der Waals surface area (Å²) < 4.78 is 30.0. The summed E-state index contributed by atoms with van der Waals surface area (Å²) in [6, 6.07) is 8.29. The van der Waals surface area contributed by atoms with E-state index in [0.29, 0.717) is 0 Å². The number of benzene rings is 2. The molecule has 2 aromatic rings. The van der Waals surface area contributed by atoms with Crippen LogP contribution in [0, 0.1) is 10.1 Å². The molecule has 0 saturated carbocycles. The van der Waals surface area contributed by atoms with E-state index >= 15 is 0 Å². The molecule has 0 amide bonds. The molecule has 0 unspecified atom stereocenters. The van der Waals surface area contributed by atoms with Crippen molar-refractivity contribution in [2.75, 3.05) is 6.79 Å². The highest BCUT2D eigenvalue weighted by molar-refractivity contribution is 7.91. The van der Waals surface area contributed by atoms with Gasteiger partial charge in [-0.25, -0.2) is 8.42 Å². The highest BCUT2D eigenvalue weighted by atomic mass is 32.2. The largest absolute Gasteiger partial charge is 0.468 e. The molecule has 124 valence electrons. The van der Waals surface area contributed by atoms with E-state index < -0.39 is 27.2 Å². The van der Waals surface area contributed by atoms with E-state index in [0.717, 1.165) is 18.2 Å². The van der Waals surface area contributed by atoms with Gasteiger partial charge in [0.15, 0.2) is 6.79 Å². The lowest BCUT2D eigenvalue weighted by molar-refractivity contribution is -0.384. The van der Waals surface area contributed by atoms with Crippen LogP contribution in [-0.4, -0.2) is 25.2 Å². The quantitative estimate of drug-likeness (QED) is 0.211. The Morgan fingerprint density at radius 1 is 1.25 bits per heavy atom. The van der Waals surface area contributed by atoms with Gasteiger partial charge in [-0.2, -0.15) is 0 Å². The lowest BCUT2D eigenvalue weighted by Crippen LogP contribution is -2.04. The SMILES string of the molecule is [N-]=[N+]=Nc1ccc(S(=O)(=O)c2cccc(OCO)c2)cc1[N+](=O)[O-]. The van der Waals surface area contributed by atoms with Crippen molar-refractivity contribution in [2.45, 2.75) is 9.79 Å². The minimum atomic E-state index is -4.07. The minimum absolute atomic E-state index is 0.124.